The fourth-order valence-electron chi connectivity index (χ4n) is 1.87. The molecule has 7 heteroatoms. The number of rotatable bonds is 5. The third-order valence-corrected chi connectivity index (χ3v) is 4.00. The summed E-state index contributed by atoms with van der Waals surface area (Å²) in [5.41, 5.74) is -0.0200. The first kappa shape index (κ1) is 15.9. The van der Waals surface area contributed by atoms with Gasteiger partial charge in [-0.25, -0.2) is 8.78 Å². The van der Waals surface area contributed by atoms with Gasteiger partial charge in [0, 0.05) is 6.07 Å². The van der Waals surface area contributed by atoms with Crippen LogP contribution in [-0.2, 0) is 11.3 Å². The number of carbonyl (C=O) groups excluding carboxylic acids is 1. The van der Waals surface area contributed by atoms with Gasteiger partial charge < -0.3 is 10.2 Å². The fourth-order valence-corrected chi connectivity index (χ4v) is 3.07. The van der Waals surface area contributed by atoms with Gasteiger partial charge in [0.15, 0.2) is 6.54 Å². The highest BCUT2D eigenvalue weighted by Gasteiger charge is 2.14. The Balaban J connectivity index is 1.89. The number of hydrogen-bond acceptors (Lipinski definition) is 2. The number of halogens is 3. The SMILES string of the molecule is C[NH+](CC(=O)Nc1ccc(F)cc1F)Cc1ccc(Cl)s1. The first-order chi connectivity index (χ1) is 9.94. The molecule has 0 radical (unpaired) electrons. The molecule has 1 unspecified atom stereocenters. The Bertz CT molecular complexity index is 648. The van der Waals surface area contributed by atoms with Crippen molar-refractivity contribution in [2.45, 2.75) is 6.54 Å². The Morgan fingerprint density at radius 3 is 2.71 bits per heavy atom. The maximum atomic E-state index is 13.4. The Hall–Kier alpha value is -1.50. The topological polar surface area (TPSA) is 33.5 Å². The van der Waals surface area contributed by atoms with Crippen LogP contribution < -0.4 is 10.2 Å². The van der Waals surface area contributed by atoms with E-state index in [0.29, 0.717) is 10.9 Å². The zero-order chi connectivity index (χ0) is 15.4. The zero-order valence-electron chi connectivity index (χ0n) is 11.3. The molecule has 112 valence electrons. The minimum Gasteiger partial charge on any atom is -0.325 e. The summed E-state index contributed by atoms with van der Waals surface area (Å²) in [5.74, 6) is -1.80. The van der Waals surface area contributed by atoms with Crippen molar-refractivity contribution in [2.75, 3.05) is 18.9 Å². The highest BCUT2D eigenvalue weighted by Crippen LogP contribution is 2.20. The molecule has 0 saturated carbocycles. The van der Waals surface area contributed by atoms with Crippen molar-refractivity contribution in [3.05, 3.63) is 51.2 Å². The summed E-state index contributed by atoms with van der Waals surface area (Å²) in [4.78, 5) is 13.8. The van der Waals surface area contributed by atoms with Gasteiger partial charge in [0.25, 0.3) is 5.91 Å². The number of quaternary nitrogens is 1. The van der Waals surface area contributed by atoms with Crippen LogP contribution in [0.3, 0.4) is 0 Å². The van der Waals surface area contributed by atoms with Gasteiger partial charge in [-0.15, -0.1) is 11.3 Å². The Kier molecular flexibility index (Phi) is 5.27. The average molecular weight is 332 g/mol. The van der Waals surface area contributed by atoms with Crippen LogP contribution in [0, 0.1) is 11.6 Å². The molecule has 21 heavy (non-hydrogen) atoms. The van der Waals surface area contributed by atoms with Gasteiger partial charge in [-0.2, -0.15) is 0 Å². The number of hydrogen-bond donors (Lipinski definition) is 2. The van der Waals surface area contributed by atoms with Crippen molar-refractivity contribution < 1.29 is 18.5 Å². The van der Waals surface area contributed by atoms with Crippen molar-refractivity contribution in [2.24, 2.45) is 0 Å². The summed E-state index contributed by atoms with van der Waals surface area (Å²) < 4.78 is 26.9. The molecule has 0 aliphatic heterocycles. The number of carbonyl (C=O) groups is 1. The first-order valence-electron chi connectivity index (χ1n) is 6.24. The molecule has 0 fully saturated rings. The predicted octanol–water partition coefficient (Wildman–Crippen LogP) is 2.33. The lowest BCUT2D eigenvalue weighted by Gasteiger charge is -2.13. The van der Waals surface area contributed by atoms with E-state index in [1.165, 1.54) is 17.4 Å². The van der Waals surface area contributed by atoms with Crippen LogP contribution in [0.4, 0.5) is 14.5 Å². The molecular weight excluding hydrogens is 318 g/mol. The molecule has 0 aliphatic carbocycles. The summed E-state index contributed by atoms with van der Waals surface area (Å²) in [6.07, 6.45) is 0. The monoisotopic (exact) mass is 331 g/mol. The summed E-state index contributed by atoms with van der Waals surface area (Å²) in [6.45, 7) is 0.822. The molecule has 2 rings (SSSR count). The average Bonchev–Trinajstić information content (AvgIpc) is 2.78. The predicted molar refractivity (Wildman–Crippen MR) is 79.8 cm³/mol. The normalized spacial score (nSPS) is 12.2. The standard InChI is InChI=1S/C14H13ClF2N2OS/c1-19(7-10-3-5-13(15)21-10)8-14(20)18-12-4-2-9(16)6-11(12)17/h2-6H,7-8H2,1H3,(H,18,20)/p+1. The highest BCUT2D eigenvalue weighted by molar-refractivity contribution is 7.16. The molecule has 0 saturated heterocycles. The quantitative estimate of drug-likeness (QED) is 0.866. The number of thiophene rings is 1. The van der Waals surface area contributed by atoms with Gasteiger partial charge in [0.1, 0.15) is 18.2 Å². The second-order valence-corrected chi connectivity index (χ2v) is 6.49. The molecule has 0 spiro atoms. The van der Waals surface area contributed by atoms with E-state index < -0.39 is 11.6 Å². The van der Waals surface area contributed by atoms with Gasteiger partial charge in [0.2, 0.25) is 0 Å². The minimum absolute atomic E-state index is 0.0200. The molecule has 3 nitrogen and oxygen atoms in total. The number of amides is 1. The molecule has 1 heterocycles. The summed E-state index contributed by atoms with van der Waals surface area (Å²) >= 11 is 7.31. The fraction of sp³-hybridized carbons (Fsp3) is 0.214. The van der Waals surface area contributed by atoms with Crippen LogP contribution in [-0.4, -0.2) is 19.5 Å². The molecule has 1 atom stereocenters. The maximum absolute atomic E-state index is 13.4. The smallest absolute Gasteiger partial charge is 0.279 e. The third-order valence-electron chi connectivity index (χ3n) is 2.77. The first-order valence-corrected chi connectivity index (χ1v) is 7.44. The molecular formula is C14H14ClF2N2OS+. The second-order valence-electron chi connectivity index (χ2n) is 4.69. The Labute approximate surface area is 130 Å². The van der Waals surface area contributed by atoms with Crippen LogP contribution in [0.2, 0.25) is 4.34 Å². The maximum Gasteiger partial charge on any atom is 0.279 e. The van der Waals surface area contributed by atoms with Gasteiger partial charge in [-0.3, -0.25) is 4.79 Å². The van der Waals surface area contributed by atoms with Crippen LogP contribution in [0.15, 0.2) is 30.3 Å². The van der Waals surface area contributed by atoms with Gasteiger partial charge in [-0.05, 0) is 24.3 Å². The third kappa shape index (κ3) is 4.77. The van der Waals surface area contributed by atoms with Crippen LogP contribution in [0.25, 0.3) is 0 Å². The van der Waals surface area contributed by atoms with E-state index in [2.05, 4.69) is 5.32 Å². The van der Waals surface area contributed by atoms with Crippen molar-refractivity contribution in [1.82, 2.24) is 0 Å². The summed E-state index contributed by atoms with van der Waals surface area (Å²) in [7, 11) is 1.86. The van der Waals surface area contributed by atoms with E-state index in [1.54, 1.807) is 0 Å². The van der Waals surface area contributed by atoms with Gasteiger partial charge >= 0.3 is 0 Å². The summed E-state index contributed by atoms with van der Waals surface area (Å²) in [6, 6.07) is 6.76. The minimum atomic E-state index is -0.786. The number of anilines is 1. The van der Waals surface area contributed by atoms with E-state index in [9.17, 15) is 13.6 Å². The zero-order valence-corrected chi connectivity index (χ0v) is 12.8. The lowest BCUT2D eigenvalue weighted by molar-refractivity contribution is -0.884. The van der Waals surface area contributed by atoms with E-state index in [0.717, 1.165) is 21.9 Å². The second kappa shape index (κ2) is 6.98. The van der Waals surface area contributed by atoms with Crippen molar-refractivity contribution >= 4 is 34.5 Å². The molecule has 0 bridgehead atoms. The van der Waals surface area contributed by atoms with Gasteiger partial charge in [0.05, 0.1) is 21.9 Å². The molecule has 0 aliphatic rings. The van der Waals surface area contributed by atoms with E-state index in [4.69, 9.17) is 11.6 Å². The Morgan fingerprint density at radius 1 is 1.33 bits per heavy atom. The van der Waals surface area contributed by atoms with E-state index in [1.807, 2.05) is 19.2 Å². The lowest BCUT2D eigenvalue weighted by atomic mass is 10.3. The lowest BCUT2D eigenvalue weighted by Crippen LogP contribution is -3.08. The van der Waals surface area contributed by atoms with Crippen molar-refractivity contribution in [1.29, 1.82) is 0 Å². The van der Waals surface area contributed by atoms with Crippen LogP contribution in [0.5, 0.6) is 0 Å². The van der Waals surface area contributed by atoms with Gasteiger partial charge in [-0.1, -0.05) is 11.6 Å². The van der Waals surface area contributed by atoms with Crippen LogP contribution in [0.1, 0.15) is 4.88 Å². The Morgan fingerprint density at radius 2 is 2.10 bits per heavy atom. The molecule has 1 aromatic heterocycles. The number of nitrogens with one attached hydrogen (secondary N) is 2. The van der Waals surface area contributed by atoms with E-state index >= 15 is 0 Å². The van der Waals surface area contributed by atoms with Crippen LogP contribution >= 0.6 is 22.9 Å². The number of benzene rings is 1. The molecule has 2 aromatic rings. The highest BCUT2D eigenvalue weighted by atomic mass is 35.5. The number of likely N-dealkylation sites (N-methyl/N-ethyl adjacent to an activating group) is 1. The molecule has 2 N–H and O–H groups in total. The van der Waals surface area contributed by atoms with Crippen molar-refractivity contribution in [3.63, 3.8) is 0 Å². The summed E-state index contributed by atoms with van der Waals surface area (Å²) in [5, 5.41) is 2.44. The van der Waals surface area contributed by atoms with Crippen molar-refractivity contribution in [3.8, 4) is 0 Å². The molecule has 1 amide bonds. The molecule has 1 aromatic carbocycles. The van der Waals surface area contributed by atoms with E-state index in [-0.39, 0.29) is 18.1 Å². The largest absolute Gasteiger partial charge is 0.325 e.